The summed E-state index contributed by atoms with van der Waals surface area (Å²) in [6.07, 6.45) is 1.66. The zero-order chi connectivity index (χ0) is 15.9. The first-order valence-corrected chi connectivity index (χ1v) is 7.20. The third-order valence-electron chi connectivity index (χ3n) is 3.73. The molecular formula is C14H13ClFN3O3. The Kier molecular flexibility index (Phi) is 3.74. The number of halogens is 2. The molecule has 0 unspecified atom stereocenters. The molecule has 0 aliphatic carbocycles. The number of benzene rings is 1. The van der Waals surface area contributed by atoms with E-state index in [1.165, 1.54) is 27.4 Å². The topological polar surface area (TPSA) is 77.1 Å². The third-order valence-corrected chi connectivity index (χ3v) is 4.02. The van der Waals surface area contributed by atoms with Crippen molar-refractivity contribution in [3.05, 3.63) is 50.9 Å². The highest BCUT2D eigenvalue weighted by atomic mass is 35.5. The Morgan fingerprint density at radius 3 is 2.95 bits per heavy atom. The monoisotopic (exact) mass is 325 g/mol. The van der Waals surface area contributed by atoms with Gasteiger partial charge in [0.2, 0.25) is 0 Å². The van der Waals surface area contributed by atoms with Crippen LogP contribution in [-0.4, -0.2) is 25.4 Å². The molecule has 0 radical (unpaired) electrons. The number of carbonyl (C=O) groups is 1. The number of hydrogen-bond acceptors (Lipinski definition) is 3. The van der Waals surface area contributed by atoms with Gasteiger partial charge in [0.1, 0.15) is 17.7 Å². The number of aryl methyl sites for hydroxylation is 1. The third kappa shape index (κ3) is 2.52. The molecule has 22 heavy (non-hydrogen) atoms. The van der Waals surface area contributed by atoms with E-state index in [9.17, 15) is 19.1 Å². The second-order valence-corrected chi connectivity index (χ2v) is 5.63. The number of carboxylic acid groups (broad SMARTS) is 1. The molecule has 0 amide bonds. The van der Waals surface area contributed by atoms with E-state index in [-0.39, 0.29) is 11.6 Å². The lowest BCUT2D eigenvalue weighted by atomic mass is 10.1. The van der Waals surface area contributed by atoms with Crippen LogP contribution in [0.1, 0.15) is 30.3 Å². The lowest BCUT2D eigenvalue weighted by molar-refractivity contribution is -0.141. The van der Waals surface area contributed by atoms with Gasteiger partial charge in [0.25, 0.3) is 0 Å². The quantitative estimate of drug-likeness (QED) is 0.934. The van der Waals surface area contributed by atoms with Gasteiger partial charge in [-0.3, -0.25) is 4.57 Å². The van der Waals surface area contributed by atoms with Crippen LogP contribution < -0.4 is 5.69 Å². The van der Waals surface area contributed by atoms with Crippen molar-refractivity contribution in [2.24, 2.45) is 0 Å². The molecule has 1 aromatic carbocycles. The SMILES string of the molecule is O=C(O)[C@H]1CCCc2nn(Cc3ccc(F)c(Cl)c3)c(=O)n21. The van der Waals surface area contributed by atoms with E-state index < -0.39 is 23.5 Å². The molecular weight excluding hydrogens is 313 g/mol. The van der Waals surface area contributed by atoms with Gasteiger partial charge in [-0.2, -0.15) is 5.10 Å². The van der Waals surface area contributed by atoms with Gasteiger partial charge in [0.05, 0.1) is 11.6 Å². The standard InChI is InChI=1S/C14H13ClFN3O3/c15-9-6-8(4-5-10(9)16)7-18-14(22)19-11(13(20)21)2-1-3-12(19)17-18/h4-6,11H,1-3,7H2,(H,20,21)/t11-/m1/s1. The van der Waals surface area contributed by atoms with Gasteiger partial charge in [-0.25, -0.2) is 18.7 Å². The second-order valence-electron chi connectivity index (χ2n) is 5.22. The Hall–Kier alpha value is -2.15. The summed E-state index contributed by atoms with van der Waals surface area (Å²) in [5.74, 6) is -1.10. The van der Waals surface area contributed by atoms with E-state index in [0.29, 0.717) is 30.7 Å². The summed E-state index contributed by atoms with van der Waals surface area (Å²) >= 11 is 5.72. The fraction of sp³-hybridized carbons (Fsp3) is 0.357. The van der Waals surface area contributed by atoms with Crippen LogP contribution in [-0.2, 0) is 17.8 Å². The maximum atomic E-state index is 13.2. The number of fused-ring (bicyclic) bond motifs is 1. The van der Waals surface area contributed by atoms with E-state index in [4.69, 9.17) is 11.6 Å². The van der Waals surface area contributed by atoms with Crippen LogP contribution in [0.2, 0.25) is 5.02 Å². The van der Waals surface area contributed by atoms with Crippen molar-refractivity contribution < 1.29 is 14.3 Å². The molecule has 8 heteroatoms. The Balaban J connectivity index is 1.97. The summed E-state index contributed by atoms with van der Waals surface area (Å²) < 4.78 is 15.6. The molecule has 0 fully saturated rings. The Bertz CT molecular complexity index is 799. The van der Waals surface area contributed by atoms with Gasteiger partial charge in [0.15, 0.2) is 0 Å². The number of rotatable bonds is 3. The minimum Gasteiger partial charge on any atom is -0.480 e. The molecule has 0 bridgehead atoms. The van der Waals surface area contributed by atoms with Crippen LogP contribution in [0.25, 0.3) is 0 Å². The molecule has 116 valence electrons. The molecule has 2 heterocycles. The maximum Gasteiger partial charge on any atom is 0.347 e. The Morgan fingerprint density at radius 2 is 2.27 bits per heavy atom. The number of carboxylic acids is 1. The lowest BCUT2D eigenvalue weighted by Crippen LogP contribution is -2.34. The summed E-state index contributed by atoms with van der Waals surface area (Å²) in [4.78, 5) is 23.6. The molecule has 1 atom stereocenters. The minimum absolute atomic E-state index is 0.0297. The smallest absolute Gasteiger partial charge is 0.347 e. The molecule has 1 aromatic heterocycles. The number of hydrogen-bond donors (Lipinski definition) is 1. The van der Waals surface area contributed by atoms with E-state index in [0.717, 1.165) is 0 Å². The van der Waals surface area contributed by atoms with Crippen LogP contribution in [0.15, 0.2) is 23.0 Å². The van der Waals surface area contributed by atoms with Crippen molar-refractivity contribution in [1.29, 1.82) is 0 Å². The Labute approximate surface area is 129 Å². The van der Waals surface area contributed by atoms with Gasteiger partial charge in [-0.1, -0.05) is 17.7 Å². The summed E-state index contributed by atoms with van der Waals surface area (Å²) in [7, 11) is 0. The first kappa shape index (κ1) is 14.8. The van der Waals surface area contributed by atoms with Crippen molar-refractivity contribution in [3.63, 3.8) is 0 Å². The van der Waals surface area contributed by atoms with Gasteiger partial charge >= 0.3 is 11.7 Å². The van der Waals surface area contributed by atoms with Crippen LogP contribution in [0.4, 0.5) is 4.39 Å². The predicted octanol–water partition coefficient (Wildman–Crippen LogP) is 1.85. The molecule has 0 saturated carbocycles. The van der Waals surface area contributed by atoms with Gasteiger partial charge in [-0.05, 0) is 30.5 Å². The van der Waals surface area contributed by atoms with Crippen LogP contribution in [0, 0.1) is 5.82 Å². The first-order valence-electron chi connectivity index (χ1n) is 6.82. The molecule has 3 rings (SSSR count). The maximum absolute atomic E-state index is 13.2. The fourth-order valence-electron chi connectivity index (χ4n) is 2.68. The first-order chi connectivity index (χ1) is 10.5. The largest absolute Gasteiger partial charge is 0.480 e. The van der Waals surface area contributed by atoms with Crippen LogP contribution >= 0.6 is 11.6 Å². The highest BCUT2D eigenvalue weighted by Crippen LogP contribution is 2.22. The molecule has 2 aromatic rings. The number of aromatic nitrogens is 3. The average Bonchev–Trinajstić information content (AvgIpc) is 2.79. The molecule has 1 N–H and O–H groups in total. The highest BCUT2D eigenvalue weighted by molar-refractivity contribution is 6.30. The van der Waals surface area contributed by atoms with Crippen molar-refractivity contribution >= 4 is 17.6 Å². The molecule has 0 spiro atoms. The predicted molar refractivity (Wildman–Crippen MR) is 76.6 cm³/mol. The van der Waals surface area contributed by atoms with Crippen molar-refractivity contribution in [1.82, 2.24) is 14.3 Å². The zero-order valence-corrected chi connectivity index (χ0v) is 12.3. The number of aliphatic carboxylic acids is 1. The van der Waals surface area contributed by atoms with Crippen molar-refractivity contribution in [2.45, 2.75) is 31.8 Å². The Morgan fingerprint density at radius 1 is 1.50 bits per heavy atom. The van der Waals surface area contributed by atoms with E-state index in [1.807, 2.05) is 0 Å². The van der Waals surface area contributed by atoms with E-state index in [2.05, 4.69) is 5.10 Å². The zero-order valence-electron chi connectivity index (χ0n) is 11.5. The van der Waals surface area contributed by atoms with Gasteiger partial charge in [0, 0.05) is 6.42 Å². The summed E-state index contributed by atoms with van der Waals surface area (Å²) in [6.45, 7) is 0.116. The van der Waals surface area contributed by atoms with Gasteiger partial charge < -0.3 is 5.11 Å². The minimum atomic E-state index is -1.03. The van der Waals surface area contributed by atoms with E-state index >= 15 is 0 Å². The normalized spacial score (nSPS) is 17.3. The molecule has 1 aliphatic rings. The summed E-state index contributed by atoms with van der Waals surface area (Å²) in [5, 5.41) is 13.4. The van der Waals surface area contributed by atoms with Crippen LogP contribution in [0.3, 0.4) is 0 Å². The molecule has 0 saturated heterocycles. The van der Waals surface area contributed by atoms with Crippen LogP contribution in [0.5, 0.6) is 0 Å². The average molecular weight is 326 g/mol. The molecule has 1 aliphatic heterocycles. The lowest BCUT2D eigenvalue weighted by Gasteiger charge is -2.19. The highest BCUT2D eigenvalue weighted by Gasteiger charge is 2.30. The van der Waals surface area contributed by atoms with Crippen molar-refractivity contribution in [2.75, 3.05) is 0 Å². The number of nitrogens with zero attached hydrogens (tertiary/aromatic N) is 3. The summed E-state index contributed by atoms with van der Waals surface area (Å²) in [5.41, 5.74) is 0.151. The van der Waals surface area contributed by atoms with Gasteiger partial charge in [-0.15, -0.1) is 0 Å². The fourth-order valence-corrected chi connectivity index (χ4v) is 2.88. The molecule has 6 nitrogen and oxygen atoms in total. The van der Waals surface area contributed by atoms with Crippen molar-refractivity contribution in [3.8, 4) is 0 Å². The second kappa shape index (κ2) is 5.57. The van der Waals surface area contributed by atoms with E-state index in [1.54, 1.807) is 0 Å². The summed E-state index contributed by atoms with van der Waals surface area (Å²) in [6, 6.07) is 3.29.